The van der Waals surface area contributed by atoms with Crippen LogP contribution in [-0.2, 0) is 6.54 Å². The summed E-state index contributed by atoms with van der Waals surface area (Å²) in [6.45, 7) is 1.40. The van der Waals surface area contributed by atoms with Crippen molar-refractivity contribution in [2.24, 2.45) is 0 Å². The fraction of sp³-hybridized carbons (Fsp3) is 0.188. The van der Waals surface area contributed by atoms with Gasteiger partial charge in [0.25, 0.3) is 0 Å². The minimum absolute atomic E-state index is 0.352. The Morgan fingerprint density at radius 2 is 1.87 bits per heavy atom. The molecule has 2 aromatic carbocycles. The molecule has 0 unspecified atom stereocenters. The summed E-state index contributed by atoms with van der Waals surface area (Å²) in [5.41, 5.74) is 2.06. The molecule has 0 aliphatic carbocycles. The van der Waals surface area contributed by atoms with Gasteiger partial charge in [0.1, 0.15) is 13.2 Å². The minimum atomic E-state index is -0.427. The molecule has 0 radical (unpaired) electrons. The molecule has 1 aliphatic rings. The van der Waals surface area contributed by atoms with Crippen molar-refractivity contribution in [1.29, 1.82) is 0 Å². The maximum atomic E-state index is 12.1. The SMILES string of the molecule is O=c1oc2cc(Cl)ccc2n1Cc1cc2c(cc1Br)OCCO2. The largest absolute Gasteiger partial charge is 0.486 e. The molecule has 0 bridgehead atoms. The van der Waals surface area contributed by atoms with Crippen LogP contribution in [-0.4, -0.2) is 17.8 Å². The summed E-state index contributed by atoms with van der Waals surface area (Å²) >= 11 is 9.45. The van der Waals surface area contributed by atoms with Crippen LogP contribution in [0.15, 0.2) is 44.0 Å². The number of hydrogen-bond acceptors (Lipinski definition) is 4. The van der Waals surface area contributed by atoms with Gasteiger partial charge in [-0.15, -0.1) is 0 Å². The van der Waals surface area contributed by atoms with E-state index in [2.05, 4.69) is 15.9 Å². The quantitative estimate of drug-likeness (QED) is 0.661. The van der Waals surface area contributed by atoms with E-state index >= 15 is 0 Å². The Hall–Kier alpha value is -1.92. The lowest BCUT2D eigenvalue weighted by Gasteiger charge is -2.20. The van der Waals surface area contributed by atoms with E-state index in [1.807, 2.05) is 12.1 Å². The van der Waals surface area contributed by atoms with Crippen LogP contribution < -0.4 is 15.2 Å². The molecule has 3 aromatic rings. The smallest absolute Gasteiger partial charge is 0.420 e. The van der Waals surface area contributed by atoms with Crippen LogP contribution in [0.2, 0.25) is 5.02 Å². The van der Waals surface area contributed by atoms with Gasteiger partial charge >= 0.3 is 5.76 Å². The average Bonchev–Trinajstić information content (AvgIpc) is 2.83. The maximum Gasteiger partial charge on any atom is 0.420 e. The van der Waals surface area contributed by atoms with E-state index in [0.29, 0.717) is 47.4 Å². The first kappa shape index (κ1) is 14.7. The van der Waals surface area contributed by atoms with Crippen molar-refractivity contribution in [3.05, 3.63) is 55.9 Å². The molecule has 118 valence electrons. The number of hydrogen-bond donors (Lipinski definition) is 0. The van der Waals surface area contributed by atoms with E-state index in [1.165, 1.54) is 0 Å². The molecule has 5 nitrogen and oxygen atoms in total. The Kier molecular flexibility index (Phi) is 3.58. The van der Waals surface area contributed by atoms with Crippen LogP contribution in [0.3, 0.4) is 0 Å². The summed E-state index contributed by atoms with van der Waals surface area (Å²) in [6, 6.07) is 8.87. The Labute approximate surface area is 144 Å². The molecule has 7 heteroatoms. The van der Waals surface area contributed by atoms with Gasteiger partial charge in [-0.1, -0.05) is 27.5 Å². The molecule has 0 fully saturated rings. The normalized spacial score (nSPS) is 13.5. The van der Waals surface area contributed by atoms with E-state index in [0.717, 1.165) is 10.0 Å². The van der Waals surface area contributed by atoms with E-state index < -0.39 is 5.76 Å². The molecular weight excluding hydrogens is 386 g/mol. The molecule has 0 saturated heterocycles. The van der Waals surface area contributed by atoms with Crippen LogP contribution in [0, 0.1) is 0 Å². The highest BCUT2D eigenvalue weighted by atomic mass is 79.9. The summed E-state index contributed by atoms with van der Waals surface area (Å²) in [7, 11) is 0. The molecule has 0 spiro atoms. The fourth-order valence-corrected chi connectivity index (χ4v) is 3.20. The van der Waals surface area contributed by atoms with Crippen LogP contribution in [0.25, 0.3) is 11.1 Å². The molecule has 1 aromatic heterocycles. The van der Waals surface area contributed by atoms with Gasteiger partial charge in [-0.3, -0.25) is 4.57 Å². The predicted molar refractivity (Wildman–Crippen MR) is 89.7 cm³/mol. The van der Waals surface area contributed by atoms with Crippen LogP contribution in [0.1, 0.15) is 5.56 Å². The number of halogens is 2. The third-order valence-electron chi connectivity index (χ3n) is 3.67. The van der Waals surface area contributed by atoms with Crippen LogP contribution in [0.4, 0.5) is 0 Å². The number of aromatic nitrogens is 1. The summed E-state index contributed by atoms with van der Waals surface area (Å²) in [5, 5.41) is 0.527. The van der Waals surface area contributed by atoms with Crippen molar-refractivity contribution in [1.82, 2.24) is 4.57 Å². The number of oxazole rings is 1. The molecule has 23 heavy (non-hydrogen) atoms. The molecular formula is C16H11BrClNO4. The third-order valence-corrected chi connectivity index (χ3v) is 4.64. The van der Waals surface area contributed by atoms with E-state index in [4.69, 9.17) is 25.5 Å². The van der Waals surface area contributed by atoms with Crippen molar-refractivity contribution >= 4 is 38.6 Å². The summed E-state index contributed by atoms with van der Waals surface area (Å²) < 4.78 is 18.8. The summed E-state index contributed by atoms with van der Waals surface area (Å²) in [4.78, 5) is 12.1. The lowest BCUT2D eigenvalue weighted by molar-refractivity contribution is 0.171. The van der Waals surface area contributed by atoms with Crippen molar-refractivity contribution < 1.29 is 13.9 Å². The Bertz CT molecular complexity index is 963. The van der Waals surface area contributed by atoms with E-state index in [9.17, 15) is 4.79 Å². The van der Waals surface area contributed by atoms with Crippen LogP contribution >= 0.6 is 27.5 Å². The van der Waals surface area contributed by atoms with Crippen molar-refractivity contribution in [3.63, 3.8) is 0 Å². The van der Waals surface area contributed by atoms with Gasteiger partial charge < -0.3 is 13.9 Å². The van der Waals surface area contributed by atoms with Gasteiger partial charge in [0, 0.05) is 15.6 Å². The lowest BCUT2D eigenvalue weighted by Crippen LogP contribution is -2.17. The van der Waals surface area contributed by atoms with Gasteiger partial charge in [0.2, 0.25) is 0 Å². The topological polar surface area (TPSA) is 53.6 Å². The van der Waals surface area contributed by atoms with Gasteiger partial charge in [0.15, 0.2) is 17.1 Å². The third kappa shape index (κ3) is 2.62. The Morgan fingerprint density at radius 1 is 1.13 bits per heavy atom. The monoisotopic (exact) mass is 395 g/mol. The zero-order valence-corrected chi connectivity index (χ0v) is 14.2. The van der Waals surface area contributed by atoms with E-state index in [1.54, 1.807) is 22.8 Å². The Balaban J connectivity index is 1.79. The van der Waals surface area contributed by atoms with Gasteiger partial charge in [-0.05, 0) is 29.8 Å². The minimum Gasteiger partial charge on any atom is -0.486 e. The molecule has 0 saturated carbocycles. The predicted octanol–water partition coefficient (Wildman–Crippen LogP) is 3.83. The molecule has 0 N–H and O–H groups in total. The molecule has 4 rings (SSSR count). The summed E-state index contributed by atoms with van der Waals surface area (Å²) in [5.74, 6) is 0.949. The first-order valence-electron chi connectivity index (χ1n) is 6.99. The number of fused-ring (bicyclic) bond motifs is 2. The average molecular weight is 397 g/mol. The second-order valence-electron chi connectivity index (χ2n) is 5.15. The van der Waals surface area contributed by atoms with Gasteiger partial charge in [-0.2, -0.15) is 0 Å². The first-order valence-corrected chi connectivity index (χ1v) is 8.16. The van der Waals surface area contributed by atoms with Crippen molar-refractivity contribution in [3.8, 4) is 11.5 Å². The van der Waals surface area contributed by atoms with Gasteiger partial charge in [-0.25, -0.2) is 4.79 Å². The zero-order valence-electron chi connectivity index (χ0n) is 11.8. The molecule has 0 amide bonds. The fourth-order valence-electron chi connectivity index (χ4n) is 2.59. The van der Waals surface area contributed by atoms with Gasteiger partial charge in [0.05, 0.1) is 12.1 Å². The number of benzene rings is 2. The highest BCUT2D eigenvalue weighted by molar-refractivity contribution is 9.10. The van der Waals surface area contributed by atoms with Crippen LogP contribution in [0.5, 0.6) is 11.5 Å². The summed E-state index contributed by atoms with van der Waals surface area (Å²) in [6.07, 6.45) is 0. The second-order valence-corrected chi connectivity index (χ2v) is 6.44. The van der Waals surface area contributed by atoms with E-state index in [-0.39, 0.29) is 0 Å². The standard InChI is InChI=1S/C16H11BrClNO4/c17-11-7-15-14(21-3-4-22-15)5-9(11)8-19-12-2-1-10(18)6-13(12)23-16(19)20/h1-2,5-7H,3-4,8H2. The highest BCUT2D eigenvalue weighted by Gasteiger charge is 2.17. The Morgan fingerprint density at radius 3 is 2.65 bits per heavy atom. The molecule has 1 aliphatic heterocycles. The van der Waals surface area contributed by atoms with Crippen molar-refractivity contribution in [2.45, 2.75) is 6.54 Å². The molecule has 0 atom stereocenters. The number of rotatable bonds is 2. The maximum absolute atomic E-state index is 12.1. The second kappa shape index (κ2) is 5.62. The number of ether oxygens (including phenoxy) is 2. The first-order chi connectivity index (χ1) is 11.1. The highest BCUT2D eigenvalue weighted by Crippen LogP contribution is 2.36. The zero-order chi connectivity index (χ0) is 16.0. The van der Waals surface area contributed by atoms with Crippen molar-refractivity contribution in [2.75, 3.05) is 13.2 Å². The molecule has 2 heterocycles. The lowest BCUT2D eigenvalue weighted by atomic mass is 10.2. The number of nitrogens with zero attached hydrogens (tertiary/aromatic N) is 1.